The Morgan fingerprint density at radius 1 is 1.45 bits per heavy atom. The number of benzene rings is 1. The molecule has 1 rings (SSSR count). The van der Waals surface area contributed by atoms with Crippen molar-refractivity contribution in [1.82, 2.24) is 5.32 Å². The summed E-state index contributed by atoms with van der Waals surface area (Å²) >= 11 is 0. The maximum Gasteiger partial charge on any atom is 0.255 e. The third kappa shape index (κ3) is 5.07. The van der Waals surface area contributed by atoms with E-state index in [1.165, 1.54) is 7.11 Å². The van der Waals surface area contributed by atoms with Gasteiger partial charge in [0.25, 0.3) is 5.91 Å². The van der Waals surface area contributed by atoms with Crippen LogP contribution < -0.4 is 20.5 Å². The van der Waals surface area contributed by atoms with Crippen LogP contribution in [-0.2, 0) is 11.3 Å². The Kier molecular flexibility index (Phi) is 6.83. The molecule has 0 aliphatic rings. The molecule has 0 spiro atoms. The Hall–Kier alpha value is -1.79. The third-order valence-corrected chi connectivity index (χ3v) is 2.91. The Morgan fingerprint density at radius 2 is 2.20 bits per heavy atom. The summed E-state index contributed by atoms with van der Waals surface area (Å²) in [7, 11) is 1.53. The normalized spacial score (nSPS) is 11.9. The van der Waals surface area contributed by atoms with Crippen LogP contribution in [0.2, 0.25) is 0 Å². The average Bonchev–Trinajstić information content (AvgIpc) is 2.46. The highest BCUT2D eigenvalue weighted by Crippen LogP contribution is 2.28. The summed E-state index contributed by atoms with van der Waals surface area (Å²) in [6, 6.07) is 5.51. The number of carbonyl (C=O) groups is 1. The molecule has 1 aromatic carbocycles. The second-order valence-electron chi connectivity index (χ2n) is 4.41. The molecule has 0 aromatic heterocycles. The molecule has 0 fully saturated rings. The maximum atomic E-state index is 10.7. The fourth-order valence-electron chi connectivity index (χ4n) is 1.69. The van der Waals surface area contributed by atoms with Crippen molar-refractivity contribution in [2.24, 2.45) is 5.73 Å². The number of methoxy groups -OCH3 is 1. The number of hydrogen-bond acceptors (Lipinski definition) is 5. The van der Waals surface area contributed by atoms with Gasteiger partial charge in [0.05, 0.1) is 13.7 Å². The summed E-state index contributed by atoms with van der Waals surface area (Å²) in [5.41, 5.74) is 6.04. The lowest BCUT2D eigenvalue weighted by Crippen LogP contribution is -2.31. The number of aliphatic hydroxyl groups excluding tert-OH is 1. The Balaban J connectivity index is 2.68. The van der Waals surface area contributed by atoms with Gasteiger partial charge in [-0.25, -0.2) is 0 Å². The van der Waals surface area contributed by atoms with Crippen molar-refractivity contribution in [3.05, 3.63) is 23.8 Å². The molecule has 0 radical (unpaired) electrons. The van der Waals surface area contributed by atoms with Crippen LogP contribution in [0.3, 0.4) is 0 Å². The summed E-state index contributed by atoms with van der Waals surface area (Å²) in [5, 5.41) is 12.4. The first-order valence-electron chi connectivity index (χ1n) is 6.53. The van der Waals surface area contributed by atoms with E-state index in [0.717, 1.165) is 12.0 Å². The number of rotatable bonds is 9. The van der Waals surface area contributed by atoms with Crippen LogP contribution in [0.5, 0.6) is 11.5 Å². The van der Waals surface area contributed by atoms with E-state index in [1.807, 2.05) is 19.1 Å². The Morgan fingerprint density at radius 3 is 2.75 bits per heavy atom. The molecule has 0 aliphatic heterocycles. The number of amides is 1. The first-order valence-corrected chi connectivity index (χ1v) is 6.53. The highest BCUT2D eigenvalue weighted by Gasteiger charge is 2.08. The lowest BCUT2D eigenvalue weighted by atomic mass is 10.1. The summed E-state index contributed by atoms with van der Waals surface area (Å²) in [4.78, 5) is 10.7. The largest absolute Gasteiger partial charge is 0.493 e. The van der Waals surface area contributed by atoms with Gasteiger partial charge in [-0.3, -0.25) is 4.79 Å². The smallest absolute Gasteiger partial charge is 0.255 e. The number of primary amides is 1. The van der Waals surface area contributed by atoms with Gasteiger partial charge < -0.3 is 25.6 Å². The Labute approximate surface area is 118 Å². The Bertz CT molecular complexity index is 433. The van der Waals surface area contributed by atoms with Gasteiger partial charge >= 0.3 is 0 Å². The second-order valence-corrected chi connectivity index (χ2v) is 4.41. The van der Waals surface area contributed by atoms with Gasteiger partial charge in [-0.2, -0.15) is 0 Å². The number of carbonyl (C=O) groups excluding carboxylic acids is 1. The lowest BCUT2D eigenvalue weighted by Gasteiger charge is -2.15. The van der Waals surface area contributed by atoms with Crippen molar-refractivity contribution in [3.8, 4) is 11.5 Å². The summed E-state index contributed by atoms with van der Waals surface area (Å²) in [6.07, 6.45) is 0.855. The molecule has 0 saturated carbocycles. The predicted molar refractivity (Wildman–Crippen MR) is 75.7 cm³/mol. The zero-order valence-electron chi connectivity index (χ0n) is 11.9. The van der Waals surface area contributed by atoms with Crippen LogP contribution in [0.1, 0.15) is 18.9 Å². The minimum atomic E-state index is -0.536. The lowest BCUT2D eigenvalue weighted by molar-refractivity contribution is -0.119. The molecular weight excluding hydrogens is 260 g/mol. The third-order valence-electron chi connectivity index (χ3n) is 2.91. The molecule has 0 bridgehead atoms. The van der Waals surface area contributed by atoms with E-state index in [-0.39, 0.29) is 19.3 Å². The minimum Gasteiger partial charge on any atom is -0.493 e. The molecular formula is C14H22N2O4. The first kappa shape index (κ1) is 16.3. The van der Waals surface area contributed by atoms with Crippen LogP contribution in [0.25, 0.3) is 0 Å². The molecule has 6 nitrogen and oxygen atoms in total. The van der Waals surface area contributed by atoms with Crippen molar-refractivity contribution in [2.45, 2.75) is 25.9 Å². The van der Waals surface area contributed by atoms with Crippen LogP contribution in [0.4, 0.5) is 0 Å². The minimum absolute atomic E-state index is 0.0757. The molecule has 1 amide bonds. The van der Waals surface area contributed by atoms with Gasteiger partial charge in [-0.15, -0.1) is 0 Å². The van der Waals surface area contributed by atoms with E-state index in [1.54, 1.807) is 6.07 Å². The SMILES string of the molecule is CCC(CO)NCc1ccc(OCC(N)=O)c(OC)c1. The van der Waals surface area contributed by atoms with E-state index < -0.39 is 5.91 Å². The molecule has 6 heteroatoms. The quantitative estimate of drug-likeness (QED) is 0.610. The standard InChI is InChI=1S/C14H22N2O4/c1-3-11(8-17)16-7-10-4-5-12(13(6-10)19-2)20-9-14(15)18/h4-6,11,16-17H,3,7-9H2,1-2H3,(H2,15,18). The molecule has 0 saturated heterocycles. The van der Waals surface area contributed by atoms with E-state index >= 15 is 0 Å². The van der Waals surface area contributed by atoms with E-state index in [2.05, 4.69) is 5.32 Å². The topological polar surface area (TPSA) is 93.8 Å². The maximum absolute atomic E-state index is 10.7. The number of nitrogens with two attached hydrogens (primary N) is 1. The van der Waals surface area contributed by atoms with Gasteiger partial charge in [0.2, 0.25) is 0 Å². The fraction of sp³-hybridized carbons (Fsp3) is 0.500. The number of ether oxygens (including phenoxy) is 2. The zero-order chi connectivity index (χ0) is 15.0. The van der Waals surface area contributed by atoms with E-state index in [0.29, 0.717) is 18.0 Å². The first-order chi connectivity index (χ1) is 9.60. The highest BCUT2D eigenvalue weighted by atomic mass is 16.5. The molecule has 4 N–H and O–H groups in total. The molecule has 1 unspecified atom stereocenters. The summed E-state index contributed by atoms with van der Waals surface area (Å²) in [5.74, 6) is 0.485. The van der Waals surface area contributed by atoms with Crippen molar-refractivity contribution in [3.63, 3.8) is 0 Å². The van der Waals surface area contributed by atoms with Gasteiger partial charge in [0.1, 0.15) is 0 Å². The van der Waals surface area contributed by atoms with E-state index in [4.69, 9.17) is 20.3 Å². The second kappa shape index (κ2) is 8.39. The summed E-state index contributed by atoms with van der Waals surface area (Å²) < 4.78 is 10.5. The van der Waals surface area contributed by atoms with Crippen LogP contribution in [-0.4, -0.2) is 37.4 Å². The molecule has 1 aromatic rings. The van der Waals surface area contributed by atoms with Crippen molar-refractivity contribution in [2.75, 3.05) is 20.3 Å². The van der Waals surface area contributed by atoms with Crippen LogP contribution in [0.15, 0.2) is 18.2 Å². The highest BCUT2D eigenvalue weighted by molar-refractivity contribution is 5.75. The van der Waals surface area contributed by atoms with Crippen LogP contribution in [0, 0.1) is 0 Å². The number of hydrogen-bond donors (Lipinski definition) is 3. The van der Waals surface area contributed by atoms with Gasteiger partial charge in [0.15, 0.2) is 18.1 Å². The van der Waals surface area contributed by atoms with Gasteiger partial charge in [-0.1, -0.05) is 13.0 Å². The molecule has 0 heterocycles. The molecule has 20 heavy (non-hydrogen) atoms. The molecule has 1 atom stereocenters. The van der Waals surface area contributed by atoms with Gasteiger partial charge in [-0.05, 0) is 24.1 Å². The predicted octanol–water partition coefficient (Wildman–Crippen LogP) is 0.420. The number of nitrogens with one attached hydrogen (secondary N) is 1. The zero-order valence-corrected chi connectivity index (χ0v) is 11.9. The average molecular weight is 282 g/mol. The fourth-order valence-corrected chi connectivity index (χ4v) is 1.69. The van der Waals surface area contributed by atoms with Crippen molar-refractivity contribution >= 4 is 5.91 Å². The molecule has 112 valence electrons. The molecule has 0 aliphatic carbocycles. The van der Waals surface area contributed by atoms with Crippen molar-refractivity contribution < 1.29 is 19.4 Å². The van der Waals surface area contributed by atoms with E-state index in [9.17, 15) is 4.79 Å². The van der Waals surface area contributed by atoms with Crippen molar-refractivity contribution in [1.29, 1.82) is 0 Å². The summed E-state index contributed by atoms with van der Waals surface area (Å²) in [6.45, 7) is 2.55. The van der Waals surface area contributed by atoms with Gasteiger partial charge in [0, 0.05) is 12.6 Å². The number of aliphatic hydroxyl groups is 1. The monoisotopic (exact) mass is 282 g/mol. The van der Waals surface area contributed by atoms with Crippen LogP contribution >= 0.6 is 0 Å².